The number of aromatic nitrogens is 2. The van der Waals surface area contributed by atoms with E-state index in [0.717, 1.165) is 11.3 Å². The highest BCUT2D eigenvalue weighted by atomic mass is 35.5. The van der Waals surface area contributed by atoms with Crippen molar-refractivity contribution in [3.8, 4) is 0 Å². The smallest absolute Gasteiger partial charge is 0.0953 e. The molecule has 0 amide bonds. The van der Waals surface area contributed by atoms with E-state index in [1.54, 1.807) is 12.4 Å². The second kappa shape index (κ2) is 7.87. The number of nitrogens with two attached hydrogens (primary N) is 1. The maximum atomic E-state index is 5.94. The van der Waals surface area contributed by atoms with Crippen LogP contribution in [0.5, 0.6) is 0 Å². The molecule has 7 heteroatoms. The number of hydrogen-bond acceptors (Lipinski definition) is 2. The summed E-state index contributed by atoms with van der Waals surface area (Å²) < 4.78 is 1.96. The predicted molar refractivity (Wildman–Crippen MR) is 80.2 cm³/mol. The average molecular weight is 329 g/mol. The third kappa shape index (κ3) is 4.34. The molecular weight excluding hydrogens is 316 g/mol. The molecule has 1 aromatic carbocycles. The van der Waals surface area contributed by atoms with Crippen molar-refractivity contribution in [3.05, 3.63) is 52.0 Å². The van der Waals surface area contributed by atoms with Gasteiger partial charge < -0.3 is 10.3 Å². The molecule has 2 aromatic rings. The van der Waals surface area contributed by atoms with E-state index in [4.69, 9.17) is 28.9 Å². The lowest BCUT2D eigenvalue weighted by Gasteiger charge is -2.03. The van der Waals surface area contributed by atoms with Crippen LogP contribution in [0.15, 0.2) is 30.7 Å². The molecule has 0 saturated carbocycles. The van der Waals surface area contributed by atoms with Crippen LogP contribution in [-0.2, 0) is 13.1 Å². The summed E-state index contributed by atoms with van der Waals surface area (Å²) >= 11 is 11.8. The van der Waals surface area contributed by atoms with Gasteiger partial charge in [-0.25, -0.2) is 4.98 Å². The Kier molecular flexibility index (Phi) is 7.67. The molecule has 1 aromatic heterocycles. The summed E-state index contributed by atoms with van der Waals surface area (Å²) in [5, 5.41) is 1.14. The summed E-state index contributed by atoms with van der Waals surface area (Å²) in [6.45, 7) is 1.16. The minimum Gasteiger partial charge on any atom is -0.333 e. The van der Waals surface area contributed by atoms with E-state index < -0.39 is 0 Å². The van der Waals surface area contributed by atoms with Gasteiger partial charge in [-0.1, -0.05) is 29.3 Å². The Morgan fingerprint density at radius 2 is 1.89 bits per heavy atom. The first kappa shape index (κ1) is 17.6. The van der Waals surface area contributed by atoms with Gasteiger partial charge in [0.15, 0.2) is 0 Å². The lowest BCUT2D eigenvalue weighted by atomic mass is 10.2. The number of halogens is 4. The lowest BCUT2D eigenvalue weighted by Crippen LogP contribution is -1.98. The van der Waals surface area contributed by atoms with Crippen molar-refractivity contribution in [2.24, 2.45) is 5.73 Å². The Labute approximate surface area is 128 Å². The van der Waals surface area contributed by atoms with Crippen molar-refractivity contribution in [2.75, 3.05) is 0 Å². The van der Waals surface area contributed by atoms with E-state index in [1.165, 1.54) is 0 Å². The fourth-order valence-corrected chi connectivity index (χ4v) is 1.77. The quantitative estimate of drug-likeness (QED) is 0.936. The number of nitrogens with zero attached hydrogens (tertiary/aromatic N) is 2. The Hall–Kier alpha value is -0.450. The first-order chi connectivity index (χ1) is 7.69. The highest BCUT2D eigenvalue weighted by Crippen LogP contribution is 2.22. The maximum Gasteiger partial charge on any atom is 0.0953 e. The molecule has 0 atom stereocenters. The van der Waals surface area contributed by atoms with E-state index in [2.05, 4.69) is 4.98 Å². The molecule has 1 heterocycles. The second-order valence-electron chi connectivity index (χ2n) is 3.49. The van der Waals surface area contributed by atoms with E-state index in [9.17, 15) is 0 Å². The first-order valence-electron chi connectivity index (χ1n) is 4.83. The van der Waals surface area contributed by atoms with E-state index in [-0.39, 0.29) is 24.8 Å². The predicted octanol–water partition coefficient (Wildman–Crippen LogP) is 3.54. The van der Waals surface area contributed by atoms with Gasteiger partial charge >= 0.3 is 0 Å². The fourth-order valence-electron chi connectivity index (χ4n) is 1.45. The lowest BCUT2D eigenvalue weighted by molar-refractivity contribution is 0.796. The van der Waals surface area contributed by atoms with Gasteiger partial charge in [0.2, 0.25) is 0 Å². The Morgan fingerprint density at radius 1 is 1.17 bits per heavy atom. The monoisotopic (exact) mass is 327 g/mol. The zero-order valence-corrected chi connectivity index (χ0v) is 12.5. The molecule has 3 nitrogen and oxygen atoms in total. The standard InChI is InChI=1S/C11H11Cl2N3.2ClH/c12-10-2-1-8(3-11(10)13)5-16-6-9(4-14)15-7-16;;/h1-3,6-7H,4-5,14H2;2*1H. The van der Waals surface area contributed by atoms with Crippen LogP contribution in [0, 0.1) is 0 Å². The Morgan fingerprint density at radius 3 is 2.44 bits per heavy atom. The summed E-state index contributed by atoms with van der Waals surface area (Å²) in [6, 6.07) is 5.59. The Balaban J connectivity index is 0.00000144. The molecule has 0 fully saturated rings. The van der Waals surface area contributed by atoms with Gasteiger partial charge in [-0.05, 0) is 17.7 Å². The molecule has 0 unspecified atom stereocenters. The van der Waals surface area contributed by atoms with Gasteiger partial charge in [-0.3, -0.25) is 0 Å². The van der Waals surface area contributed by atoms with Crippen LogP contribution >= 0.6 is 48.0 Å². The molecule has 0 aliphatic rings. The largest absolute Gasteiger partial charge is 0.333 e. The van der Waals surface area contributed by atoms with Gasteiger partial charge in [0.1, 0.15) is 0 Å². The molecule has 0 aliphatic heterocycles. The topological polar surface area (TPSA) is 43.8 Å². The maximum absolute atomic E-state index is 5.94. The number of benzene rings is 1. The number of hydrogen-bond donors (Lipinski definition) is 1. The van der Waals surface area contributed by atoms with Crippen LogP contribution in [0.1, 0.15) is 11.3 Å². The van der Waals surface area contributed by atoms with Crippen molar-refractivity contribution < 1.29 is 0 Å². The third-order valence-corrected chi connectivity index (χ3v) is 2.98. The van der Waals surface area contributed by atoms with Gasteiger partial charge in [-0.15, -0.1) is 24.8 Å². The highest BCUT2D eigenvalue weighted by Gasteiger charge is 2.01. The zero-order valence-electron chi connectivity index (χ0n) is 9.35. The van der Waals surface area contributed by atoms with E-state index in [0.29, 0.717) is 23.1 Å². The second-order valence-corrected chi connectivity index (χ2v) is 4.30. The molecule has 100 valence electrons. The van der Waals surface area contributed by atoms with Gasteiger partial charge in [0, 0.05) is 19.3 Å². The highest BCUT2D eigenvalue weighted by molar-refractivity contribution is 6.42. The summed E-state index contributed by atoms with van der Waals surface area (Å²) in [5.74, 6) is 0. The number of rotatable bonds is 3. The third-order valence-electron chi connectivity index (χ3n) is 2.25. The van der Waals surface area contributed by atoms with Crippen molar-refractivity contribution in [2.45, 2.75) is 13.1 Å². The van der Waals surface area contributed by atoms with E-state index >= 15 is 0 Å². The number of imidazole rings is 1. The summed E-state index contributed by atoms with van der Waals surface area (Å²) in [4.78, 5) is 4.15. The van der Waals surface area contributed by atoms with Crippen LogP contribution in [0.4, 0.5) is 0 Å². The average Bonchev–Trinajstić information content (AvgIpc) is 2.71. The molecule has 0 saturated heterocycles. The van der Waals surface area contributed by atoms with E-state index in [1.807, 2.05) is 22.9 Å². The Bertz CT molecular complexity index is 499. The minimum absolute atomic E-state index is 0. The van der Waals surface area contributed by atoms with Crippen LogP contribution in [0.3, 0.4) is 0 Å². The zero-order chi connectivity index (χ0) is 11.5. The minimum atomic E-state index is 0. The van der Waals surface area contributed by atoms with Crippen molar-refractivity contribution in [1.82, 2.24) is 9.55 Å². The molecular formula is C11H13Cl4N3. The normalized spacial score (nSPS) is 9.50. The summed E-state index contributed by atoms with van der Waals surface area (Å²) in [5.41, 5.74) is 7.44. The van der Waals surface area contributed by atoms with Crippen molar-refractivity contribution in [3.63, 3.8) is 0 Å². The van der Waals surface area contributed by atoms with Gasteiger partial charge in [0.05, 0.1) is 22.1 Å². The molecule has 0 spiro atoms. The SMILES string of the molecule is Cl.Cl.NCc1cn(Cc2ccc(Cl)c(Cl)c2)cn1. The fraction of sp³-hybridized carbons (Fsp3) is 0.182. The molecule has 0 aliphatic carbocycles. The molecule has 0 bridgehead atoms. The van der Waals surface area contributed by atoms with Crippen LogP contribution in [0.25, 0.3) is 0 Å². The molecule has 2 rings (SSSR count). The van der Waals surface area contributed by atoms with Crippen molar-refractivity contribution in [1.29, 1.82) is 0 Å². The first-order valence-corrected chi connectivity index (χ1v) is 5.59. The van der Waals surface area contributed by atoms with Gasteiger partial charge in [-0.2, -0.15) is 0 Å². The van der Waals surface area contributed by atoms with Gasteiger partial charge in [0.25, 0.3) is 0 Å². The van der Waals surface area contributed by atoms with Crippen molar-refractivity contribution >= 4 is 48.0 Å². The van der Waals surface area contributed by atoms with Crippen LogP contribution in [0.2, 0.25) is 10.0 Å². The summed E-state index contributed by atoms with van der Waals surface area (Å²) in [6.07, 6.45) is 3.67. The van der Waals surface area contributed by atoms with Crippen LogP contribution in [-0.4, -0.2) is 9.55 Å². The van der Waals surface area contributed by atoms with Crippen LogP contribution < -0.4 is 5.73 Å². The molecule has 18 heavy (non-hydrogen) atoms. The molecule has 0 radical (unpaired) electrons. The summed E-state index contributed by atoms with van der Waals surface area (Å²) in [7, 11) is 0. The molecule has 2 N–H and O–H groups in total.